The molecule has 1 aliphatic heterocycles. The van der Waals surface area contributed by atoms with Gasteiger partial charge in [-0.2, -0.15) is 4.31 Å². The Balaban J connectivity index is 1.38. The Morgan fingerprint density at radius 1 is 0.794 bits per heavy atom. The fourth-order valence-corrected chi connectivity index (χ4v) is 5.12. The van der Waals surface area contributed by atoms with Gasteiger partial charge in [-0.25, -0.2) is 17.2 Å². The number of carbonyl (C=O) groups is 2. The Morgan fingerprint density at radius 2 is 1.44 bits per heavy atom. The molecule has 0 bridgehead atoms. The molecule has 0 radical (unpaired) electrons. The van der Waals surface area contributed by atoms with Crippen LogP contribution in [-0.2, 0) is 10.0 Å². The van der Waals surface area contributed by atoms with Gasteiger partial charge in [-0.05, 0) is 54.6 Å². The summed E-state index contributed by atoms with van der Waals surface area (Å²) in [4.78, 5) is 25.9. The fraction of sp³-hybridized carbons (Fsp3) is 0.167. The number of sulfonamides is 1. The van der Waals surface area contributed by atoms with Crippen LogP contribution in [0.4, 0.5) is 14.5 Å². The van der Waals surface area contributed by atoms with Crippen LogP contribution in [0.3, 0.4) is 0 Å². The summed E-state index contributed by atoms with van der Waals surface area (Å²) in [6.07, 6.45) is 0. The van der Waals surface area contributed by atoms with Gasteiger partial charge in [0.05, 0.1) is 0 Å². The highest BCUT2D eigenvalue weighted by atomic mass is 32.2. The van der Waals surface area contributed by atoms with Crippen molar-refractivity contribution in [1.29, 1.82) is 0 Å². The molecular formula is C24H21F2N3O4S. The van der Waals surface area contributed by atoms with Crippen LogP contribution in [-0.4, -0.2) is 55.6 Å². The number of piperazine rings is 1. The number of nitrogens with zero attached hydrogens (tertiary/aromatic N) is 2. The molecule has 0 saturated carbocycles. The van der Waals surface area contributed by atoms with Crippen molar-refractivity contribution in [2.75, 3.05) is 31.5 Å². The molecule has 10 heteroatoms. The lowest BCUT2D eigenvalue weighted by Crippen LogP contribution is -2.50. The van der Waals surface area contributed by atoms with Gasteiger partial charge >= 0.3 is 0 Å². The first kappa shape index (κ1) is 23.5. The lowest BCUT2D eigenvalue weighted by Gasteiger charge is -2.34. The lowest BCUT2D eigenvalue weighted by molar-refractivity contribution is 0.0697. The highest BCUT2D eigenvalue weighted by molar-refractivity contribution is 7.89. The summed E-state index contributed by atoms with van der Waals surface area (Å²) in [6, 6.07) is 17.4. The van der Waals surface area contributed by atoms with E-state index in [0.717, 1.165) is 16.4 Å². The third-order valence-corrected chi connectivity index (χ3v) is 7.38. The van der Waals surface area contributed by atoms with Gasteiger partial charge in [-0.3, -0.25) is 9.59 Å². The molecule has 1 saturated heterocycles. The van der Waals surface area contributed by atoms with Gasteiger partial charge in [0.2, 0.25) is 10.0 Å². The van der Waals surface area contributed by atoms with Gasteiger partial charge in [0.1, 0.15) is 16.5 Å². The number of benzene rings is 3. The lowest BCUT2D eigenvalue weighted by atomic mass is 10.1. The van der Waals surface area contributed by atoms with Crippen LogP contribution in [0.25, 0.3) is 0 Å². The van der Waals surface area contributed by atoms with Crippen LogP contribution < -0.4 is 5.32 Å². The molecule has 3 aromatic carbocycles. The molecule has 2 amide bonds. The maximum atomic E-state index is 14.0. The van der Waals surface area contributed by atoms with Gasteiger partial charge < -0.3 is 10.2 Å². The van der Waals surface area contributed by atoms with Gasteiger partial charge in [0.15, 0.2) is 0 Å². The minimum atomic E-state index is -4.23. The quantitative estimate of drug-likeness (QED) is 0.601. The van der Waals surface area contributed by atoms with E-state index in [4.69, 9.17) is 0 Å². The van der Waals surface area contributed by atoms with E-state index in [1.54, 1.807) is 48.5 Å². The number of halogens is 2. The average Bonchev–Trinajstić information content (AvgIpc) is 2.86. The van der Waals surface area contributed by atoms with E-state index < -0.39 is 26.6 Å². The molecule has 7 nitrogen and oxygen atoms in total. The van der Waals surface area contributed by atoms with Crippen LogP contribution >= 0.6 is 0 Å². The fourth-order valence-electron chi connectivity index (χ4n) is 3.62. The third-order valence-electron chi connectivity index (χ3n) is 5.46. The number of amides is 2. The molecule has 34 heavy (non-hydrogen) atoms. The normalized spacial score (nSPS) is 14.6. The van der Waals surface area contributed by atoms with E-state index in [1.165, 1.54) is 4.90 Å². The van der Waals surface area contributed by atoms with Crippen molar-refractivity contribution < 1.29 is 26.8 Å². The minimum absolute atomic E-state index is 0.0464. The second-order valence-electron chi connectivity index (χ2n) is 7.67. The number of anilines is 1. The van der Waals surface area contributed by atoms with Crippen LogP contribution in [0.1, 0.15) is 20.7 Å². The van der Waals surface area contributed by atoms with Crippen molar-refractivity contribution in [3.05, 3.63) is 95.6 Å². The molecule has 1 N–H and O–H groups in total. The first-order valence-corrected chi connectivity index (χ1v) is 11.9. The summed E-state index contributed by atoms with van der Waals surface area (Å²) in [7, 11) is -4.23. The zero-order valence-electron chi connectivity index (χ0n) is 17.9. The molecule has 3 aromatic rings. The zero-order chi connectivity index (χ0) is 24.3. The summed E-state index contributed by atoms with van der Waals surface area (Å²) in [5, 5.41) is 2.76. The monoisotopic (exact) mass is 485 g/mol. The van der Waals surface area contributed by atoms with Crippen LogP contribution in [0.15, 0.2) is 77.7 Å². The van der Waals surface area contributed by atoms with Gasteiger partial charge in [-0.15, -0.1) is 0 Å². The number of rotatable bonds is 5. The summed E-state index contributed by atoms with van der Waals surface area (Å²) in [5.74, 6) is -2.45. The van der Waals surface area contributed by atoms with Crippen LogP contribution in [0.5, 0.6) is 0 Å². The zero-order valence-corrected chi connectivity index (χ0v) is 18.8. The second kappa shape index (κ2) is 9.70. The van der Waals surface area contributed by atoms with E-state index in [-0.39, 0.29) is 38.0 Å². The molecule has 0 unspecified atom stereocenters. The molecule has 4 rings (SSSR count). The molecule has 0 aliphatic carbocycles. The van der Waals surface area contributed by atoms with Crippen molar-refractivity contribution in [3.63, 3.8) is 0 Å². The summed E-state index contributed by atoms with van der Waals surface area (Å²) in [5.41, 5.74) is 1.41. The SMILES string of the molecule is O=C(Nc1ccc(C(=O)N2CCN(S(=O)(=O)c3cc(F)ccc3F)CC2)cc1)c1ccccc1. The van der Waals surface area contributed by atoms with Crippen molar-refractivity contribution in [1.82, 2.24) is 9.21 Å². The first-order chi connectivity index (χ1) is 16.3. The predicted molar refractivity (Wildman–Crippen MR) is 122 cm³/mol. The maximum Gasteiger partial charge on any atom is 0.255 e. The maximum absolute atomic E-state index is 14.0. The van der Waals surface area contributed by atoms with Crippen LogP contribution in [0.2, 0.25) is 0 Å². The number of carbonyl (C=O) groups excluding carboxylic acids is 2. The smallest absolute Gasteiger partial charge is 0.255 e. The largest absolute Gasteiger partial charge is 0.336 e. The predicted octanol–water partition coefficient (Wildman–Crippen LogP) is 3.36. The van der Waals surface area contributed by atoms with Crippen LogP contribution in [0, 0.1) is 11.6 Å². The van der Waals surface area contributed by atoms with Gasteiger partial charge in [-0.1, -0.05) is 18.2 Å². The number of nitrogens with one attached hydrogen (secondary N) is 1. The van der Waals surface area contributed by atoms with Crippen molar-refractivity contribution in [2.24, 2.45) is 0 Å². The van der Waals surface area contributed by atoms with E-state index in [9.17, 15) is 26.8 Å². The molecular weight excluding hydrogens is 464 g/mol. The molecule has 1 fully saturated rings. The molecule has 1 heterocycles. The minimum Gasteiger partial charge on any atom is -0.336 e. The van der Waals surface area contributed by atoms with Crippen molar-refractivity contribution >= 4 is 27.5 Å². The Morgan fingerprint density at radius 3 is 2.09 bits per heavy atom. The Bertz CT molecular complexity index is 1310. The highest BCUT2D eigenvalue weighted by Gasteiger charge is 2.32. The topological polar surface area (TPSA) is 86.8 Å². The molecule has 0 spiro atoms. The molecule has 0 aromatic heterocycles. The third kappa shape index (κ3) is 4.97. The second-order valence-corrected chi connectivity index (χ2v) is 9.57. The number of hydrogen-bond acceptors (Lipinski definition) is 4. The summed E-state index contributed by atoms with van der Waals surface area (Å²) in [6.45, 7) is 0.105. The standard InChI is InChI=1S/C24H21F2N3O4S/c25-19-8-11-21(26)22(16-19)34(32,33)29-14-12-28(13-15-29)24(31)18-6-9-20(10-7-18)27-23(30)17-4-2-1-3-5-17/h1-11,16H,12-15H2,(H,27,30). The summed E-state index contributed by atoms with van der Waals surface area (Å²) < 4.78 is 53.9. The van der Waals surface area contributed by atoms with Crippen molar-refractivity contribution in [2.45, 2.75) is 4.90 Å². The summed E-state index contributed by atoms with van der Waals surface area (Å²) >= 11 is 0. The van der Waals surface area contributed by atoms with Gasteiger partial charge in [0, 0.05) is 43.0 Å². The molecule has 1 aliphatic rings. The number of hydrogen-bond donors (Lipinski definition) is 1. The van der Waals surface area contributed by atoms with E-state index in [0.29, 0.717) is 22.9 Å². The average molecular weight is 486 g/mol. The Labute approximate surface area is 195 Å². The first-order valence-electron chi connectivity index (χ1n) is 10.5. The molecule has 176 valence electrons. The van der Waals surface area contributed by atoms with Gasteiger partial charge in [0.25, 0.3) is 11.8 Å². The van der Waals surface area contributed by atoms with E-state index in [2.05, 4.69) is 5.32 Å². The van der Waals surface area contributed by atoms with Crippen molar-refractivity contribution in [3.8, 4) is 0 Å². The highest BCUT2D eigenvalue weighted by Crippen LogP contribution is 2.22. The Kier molecular flexibility index (Phi) is 6.71. The molecule has 0 atom stereocenters. The van der Waals surface area contributed by atoms with E-state index in [1.807, 2.05) is 6.07 Å². The van der Waals surface area contributed by atoms with E-state index >= 15 is 0 Å². The Hall–Kier alpha value is -3.63.